The Balaban J connectivity index is 2.35. The number of hydrogen-bond acceptors (Lipinski definition) is 5. The molecule has 1 atom stereocenters. The Hall–Kier alpha value is -2.68. The Bertz CT molecular complexity index is 755. The Labute approximate surface area is 148 Å². The van der Waals surface area contributed by atoms with Crippen LogP contribution in [-0.4, -0.2) is 29.0 Å². The van der Waals surface area contributed by atoms with Crippen LogP contribution in [0.5, 0.6) is 5.88 Å². The van der Waals surface area contributed by atoms with Gasteiger partial charge in [0.2, 0.25) is 11.8 Å². The first-order chi connectivity index (χ1) is 12.2. The van der Waals surface area contributed by atoms with E-state index in [-0.39, 0.29) is 17.5 Å². The van der Waals surface area contributed by atoms with Crippen molar-refractivity contribution in [3.63, 3.8) is 0 Å². The summed E-state index contributed by atoms with van der Waals surface area (Å²) in [5.41, 5.74) is 1.61. The van der Waals surface area contributed by atoms with E-state index in [1.807, 2.05) is 37.3 Å². The highest BCUT2D eigenvalue weighted by Crippen LogP contribution is 2.26. The van der Waals surface area contributed by atoms with E-state index in [1.54, 1.807) is 0 Å². The number of ether oxygens (including phenoxy) is 1. The first-order valence-electron chi connectivity index (χ1n) is 8.78. The summed E-state index contributed by atoms with van der Waals surface area (Å²) >= 11 is 0. The van der Waals surface area contributed by atoms with E-state index in [0.717, 1.165) is 25.7 Å². The molecule has 0 bridgehead atoms. The van der Waals surface area contributed by atoms with Crippen molar-refractivity contribution >= 4 is 16.9 Å². The van der Waals surface area contributed by atoms with Gasteiger partial charge < -0.3 is 10.1 Å². The lowest BCUT2D eigenvalue weighted by molar-refractivity contribution is -0.121. The number of benzene rings is 1. The molecule has 0 saturated carbocycles. The number of aromatic nitrogens is 2. The zero-order valence-corrected chi connectivity index (χ0v) is 14.8. The maximum atomic E-state index is 12.4. The molecule has 1 heterocycles. The fourth-order valence-electron chi connectivity index (χ4n) is 2.34. The summed E-state index contributed by atoms with van der Waals surface area (Å²) in [5, 5.41) is 12.3. The number of hydrogen-bond donors (Lipinski definition) is 1. The third-order valence-corrected chi connectivity index (χ3v) is 3.79. The molecular weight excluding hydrogens is 316 g/mol. The zero-order chi connectivity index (χ0) is 18.1. The molecule has 0 aliphatic rings. The van der Waals surface area contributed by atoms with Crippen molar-refractivity contribution in [2.75, 3.05) is 13.2 Å². The summed E-state index contributed by atoms with van der Waals surface area (Å²) < 4.78 is 5.74. The molecule has 1 unspecified atom stereocenters. The second-order valence-corrected chi connectivity index (χ2v) is 5.81. The average Bonchev–Trinajstić information content (AvgIpc) is 2.63. The molecule has 0 radical (unpaired) electrons. The van der Waals surface area contributed by atoms with Crippen LogP contribution in [0.4, 0.5) is 0 Å². The van der Waals surface area contributed by atoms with Crippen LogP contribution in [0.25, 0.3) is 11.0 Å². The van der Waals surface area contributed by atoms with Gasteiger partial charge in [0.05, 0.1) is 23.7 Å². The predicted molar refractivity (Wildman–Crippen MR) is 96.2 cm³/mol. The molecule has 1 amide bonds. The van der Waals surface area contributed by atoms with E-state index in [9.17, 15) is 10.1 Å². The molecule has 0 spiro atoms. The maximum absolute atomic E-state index is 12.4. The highest BCUT2D eigenvalue weighted by Gasteiger charge is 2.27. The topological polar surface area (TPSA) is 87.9 Å². The minimum Gasteiger partial charge on any atom is -0.476 e. The largest absolute Gasteiger partial charge is 0.476 e. The van der Waals surface area contributed by atoms with Gasteiger partial charge in [-0.3, -0.25) is 4.79 Å². The van der Waals surface area contributed by atoms with Crippen molar-refractivity contribution < 1.29 is 9.53 Å². The molecule has 1 aromatic carbocycles. The van der Waals surface area contributed by atoms with Crippen LogP contribution in [0.3, 0.4) is 0 Å². The van der Waals surface area contributed by atoms with Gasteiger partial charge in [0.25, 0.3) is 0 Å². The van der Waals surface area contributed by atoms with E-state index >= 15 is 0 Å². The Morgan fingerprint density at radius 3 is 2.52 bits per heavy atom. The lowest BCUT2D eigenvalue weighted by atomic mass is 10.1. The minimum absolute atomic E-state index is 0.268. The summed E-state index contributed by atoms with van der Waals surface area (Å²) in [7, 11) is 0. The van der Waals surface area contributed by atoms with E-state index < -0.39 is 5.92 Å². The fraction of sp³-hybridized carbons (Fsp3) is 0.474. The van der Waals surface area contributed by atoms with E-state index in [2.05, 4.69) is 22.2 Å². The van der Waals surface area contributed by atoms with Crippen molar-refractivity contribution in [1.82, 2.24) is 15.3 Å². The van der Waals surface area contributed by atoms with Gasteiger partial charge in [0, 0.05) is 6.54 Å². The van der Waals surface area contributed by atoms with Crippen LogP contribution in [0.2, 0.25) is 0 Å². The van der Waals surface area contributed by atoms with Crippen molar-refractivity contribution in [2.24, 2.45) is 0 Å². The summed E-state index contributed by atoms with van der Waals surface area (Å²) in [6, 6.07) is 9.41. The summed E-state index contributed by atoms with van der Waals surface area (Å²) in [6.45, 7) is 5.13. The van der Waals surface area contributed by atoms with Gasteiger partial charge in [-0.2, -0.15) is 5.26 Å². The number of carbonyl (C=O) groups excluding carboxylic acids is 1. The quantitative estimate of drug-likeness (QED) is 0.707. The number of fused-ring (bicyclic) bond motifs is 1. The van der Waals surface area contributed by atoms with E-state index in [0.29, 0.717) is 24.2 Å². The van der Waals surface area contributed by atoms with Gasteiger partial charge in [-0.25, -0.2) is 9.97 Å². The first kappa shape index (κ1) is 18.7. The second kappa shape index (κ2) is 9.58. The van der Waals surface area contributed by atoms with Crippen molar-refractivity contribution in [1.29, 1.82) is 5.26 Å². The molecule has 2 aromatic rings. The minimum atomic E-state index is -1.04. The number of nitriles is 1. The van der Waals surface area contributed by atoms with Crippen molar-refractivity contribution in [2.45, 2.75) is 45.4 Å². The molecular formula is C19H24N4O2. The molecule has 0 aliphatic carbocycles. The monoisotopic (exact) mass is 340 g/mol. The van der Waals surface area contributed by atoms with Crippen LogP contribution in [-0.2, 0) is 4.79 Å². The molecule has 6 heteroatoms. The molecule has 2 rings (SSSR count). The van der Waals surface area contributed by atoms with Crippen LogP contribution < -0.4 is 10.1 Å². The predicted octanol–water partition coefficient (Wildman–Crippen LogP) is 3.33. The Morgan fingerprint density at radius 2 is 1.88 bits per heavy atom. The SMILES string of the molecule is CCCCNC(=O)C(C#N)c1nc2ccccc2nc1OCCCC. The van der Waals surface area contributed by atoms with Crippen molar-refractivity contribution in [3.05, 3.63) is 30.0 Å². The fourth-order valence-corrected chi connectivity index (χ4v) is 2.34. The summed E-state index contributed by atoms with van der Waals surface area (Å²) in [4.78, 5) is 21.4. The van der Waals surface area contributed by atoms with E-state index in [4.69, 9.17) is 4.74 Å². The highest BCUT2D eigenvalue weighted by molar-refractivity contribution is 5.87. The number of carbonyl (C=O) groups is 1. The summed E-state index contributed by atoms with van der Waals surface area (Å²) in [6.07, 6.45) is 3.69. The van der Waals surface area contributed by atoms with Crippen LogP contribution in [0.15, 0.2) is 24.3 Å². The molecule has 6 nitrogen and oxygen atoms in total. The number of amides is 1. The molecule has 0 fully saturated rings. The smallest absolute Gasteiger partial charge is 0.243 e. The van der Waals surface area contributed by atoms with E-state index in [1.165, 1.54) is 0 Å². The summed E-state index contributed by atoms with van der Waals surface area (Å²) in [5.74, 6) is -1.13. The second-order valence-electron chi connectivity index (χ2n) is 5.81. The molecule has 132 valence electrons. The Kier molecular flexibility index (Phi) is 7.15. The first-order valence-corrected chi connectivity index (χ1v) is 8.78. The van der Waals surface area contributed by atoms with Gasteiger partial charge in [-0.1, -0.05) is 38.8 Å². The van der Waals surface area contributed by atoms with Crippen LogP contribution >= 0.6 is 0 Å². The number of nitrogens with one attached hydrogen (secondary N) is 1. The average molecular weight is 340 g/mol. The third kappa shape index (κ3) is 4.90. The maximum Gasteiger partial charge on any atom is 0.243 e. The standard InChI is InChI=1S/C19H24N4O2/c1-3-5-11-21-18(24)14(13-20)17-19(25-12-6-4-2)23-16-10-8-7-9-15(16)22-17/h7-10,14H,3-6,11-12H2,1-2H3,(H,21,24). The molecule has 25 heavy (non-hydrogen) atoms. The van der Waals surface area contributed by atoms with Crippen LogP contribution in [0.1, 0.15) is 51.1 Å². The van der Waals surface area contributed by atoms with Crippen molar-refractivity contribution in [3.8, 4) is 11.9 Å². The van der Waals surface area contributed by atoms with Gasteiger partial charge in [-0.15, -0.1) is 0 Å². The lowest BCUT2D eigenvalue weighted by Crippen LogP contribution is -2.30. The van der Waals surface area contributed by atoms with Gasteiger partial charge in [0.15, 0.2) is 5.92 Å². The van der Waals surface area contributed by atoms with Gasteiger partial charge >= 0.3 is 0 Å². The normalized spacial score (nSPS) is 11.7. The van der Waals surface area contributed by atoms with Gasteiger partial charge in [0.1, 0.15) is 5.69 Å². The molecule has 1 N–H and O–H groups in total. The van der Waals surface area contributed by atoms with Crippen LogP contribution in [0, 0.1) is 11.3 Å². The lowest BCUT2D eigenvalue weighted by Gasteiger charge is -2.14. The Morgan fingerprint density at radius 1 is 1.20 bits per heavy atom. The number of para-hydroxylation sites is 2. The zero-order valence-electron chi connectivity index (χ0n) is 14.8. The number of nitrogens with zero attached hydrogens (tertiary/aromatic N) is 3. The van der Waals surface area contributed by atoms with Gasteiger partial charge in [-0.05, 0) is 25.0 Å². The number of rotatable bonds is 9. The number of unbranched alkanes of at least 4 members (excludes halogenated alkanes) is 2. The molecule has 0 saturated heterocycles. The highest BCUT2D eigenvalue weighted by atomic mass is 16.5. The molecule has 0 aliphatic heterocycles. The third-order valence-electron chi connectivity index (χ3n) is 3.79. The molecule has 1 aromatic heterocycles.